The van der Waals surface area contributed by atoms with Crippen molar-refractivity contribution < 1.29 is 13.2 Å². The molecule has 0 unspecified atom stereocenters. The predicted molar refractivity (Wildman–Crippen MR) is 109 cm³/mol. The van der Waals surface area contributed by atoms with E-state index in [-0.39, 0.29) is 17.2 Å². The molecular weight excluding hydrogens is 407 g/mol. The van der Waals surface area contributed by atoms with Gasteiger partial charge in [0, 0.05) is 6.42 Å². The highest BCUT2D eigenvalue weighted by Crippen LogP contribution is 2.28. The molecule has 27 heavy (non-hydrogen) atoms. The molecule has 0 radical (unpaired) electrons. The lowest BCUT2D eigenvalue weighted by molar-refractivity contribution is -0.122. The van der Waals surface area contributed by atoms with Crippen LogP contribution in [0.4, 0.5) is 0 Å². The fraction of sp³-hybridized carbons (Fsp3) is 0.316. The van der Waals surface area contributed by atoms with Crippen LogP contribution in [0.15, 0.2) is 47.4 Å². The molecule has 0 aromatic heterocycles. The van der Waals surface area contributed by atoms with Crippen molar-refractivity contribution in [2.75, 3.05) is 7.05 Å². The highest BCUT2D eigenvalue weighted by molar-refractivity contribution is 7.89. The Morgan fingerprint density at radius 3 is 2.22 bits per heavy atom. The summed E-state index contributed by atoms with van der Waals surface area (Å²) in [6.07, 6.45) is 0.784. The van der Waals surface area contributed by atoms with Crippen molar-refractivity contribution in [3.8, 4) is 0 Å². The minimum Gasteiger partial charge on any atom is -0.347 e. The molecule has 5 nitrogen and oxygen atoms in total. The van der Waals surface area contributed by atoms with Gasteiger partial charge in [-0.25, -0.2) is 13.1 Å². The quantitative estimate of drug-likeness (QED) is 0.702. The molecule has 8 heteroatoms. The summed E-state index contributed by atoms with van der Waals surface area (Å²) in [5.74, 6) is -0.113. The molecule has 0 aliphatic heterocycles. The first kappa shape index (κ1) is 21.7. The van der Waals surface area contributed by atoms with Gasteiger partial charge in [-0.2, -0.15) is 0 Å². The zero-order chi connectivity index (χ0) is 20.2. The van der Waals surface area contributed by atoms with Gasteiger partial charge in [-0.3, -0.25) is 4.79 Å². The van der Waals surface area contributed by atoms with Crippen LogP contribution in [0.3, 0.4) is 0 Å². The van der Waals surface area contributed by atoms with Crippen LogP contribution in [0.1, 0.15) is 31.4 Å². The zero-order valence-corrected chi connectivity index (χ0v) is 17.7. The Labute approximate surface area is 170 Å². The van der Waals surface area contributed by atoms with Gasteiger partial charge in [-0.15, -0.1) is 0 Å². The van der Waals surface area contributed by atoms with Gasteiger partial charge in [0.25, 0.3) is 0 Å². The topological polar surface area (TPSA) is 75.3 Å². The normalized spacial score (nSPS) is 12.0. The molecular formula is C19H22Cl2N2O3S. The number of halogens is 2. The van der Waals surface area contributed by atoms with Crippen molar-refractivity contribution in [1.29, 1.82) is 0 Å². The molecule has 1 amide bonds. The maximum Gasteiger partial charge on any atom is 0.240 e. The lowest BCUT2D eigenvalue weighted by atomic mass is 9.94. The van der Waals surface area contributed by atoms with Gasteiger partial charge in [0.2, 0.25) is 15.9 Å². The Hall–Kier alpha value is -1.60. The number of carbonyl (C=O) groups is 1. The molecule has 0 aliphatic carbocycles. The van der Waals surface area contributed by atoms with Gasteiger partial charge in [-0.05, 0) is 62.7 Å². The van der Waals surface area contributed by atoms with Crippen molar-refractivity contribution in [2.24, 2.45) is 0 Å². The predicted octanol–water partition coefficient (Wildman–Crippen LogP) is 3.89. The van der Waals surface area contributed by atoms with Crippen molar-refractivity contribution in [3.05, 3.63) is 63.6 Å². The van der Waals surface area contributed by atoms with Crippen molar-refractivity contribution in [1.82, 2.24) is 10.0 Å². The summed E-state index contributed by atoms with van der Waals surface area (Å²) in [6.45, 7) is 3.78. The average molecular weight is 429 g/mol. The number of carbonyl (C=O) groups excluding carboxylic acids is 1. The maximum atomic E-state index is 12.4. The summed E-state index contributed by atoms with van der Waals surface area (Å²) >= 11 is 12.0. The molecule has 2 rings (SSSR count). The lowest BCUT2D eigenvalue weighted by Gasteiger charge is -2.27. The number of rotatable bonds is 7. The van der Waals surface area contributed by atoms with E-state index in [9.17, 15) is 13.2 Å². The van der Waals surface area contributed by atoms with Crippen LogP contribution in [0.5, 0.6) is 0 Å². The first-order chi connectivity index (χ1) is 12.5. The van der Waals surface area contributed by atoms with Gasteiger partial charge in [0.1, 0.15) is 0 Å². The molecule has 0 saturated heterocycles. The molecule has 0 aliphatic rings. The Kier molecular flexibility index (Phi) is 6.92. The minimum atomic E-state index is -3.46. The molecule has 2 N–H and O–H groups in total. The van der Waals surface area contributed by atoms with Crippen LogP contribution in [-0.2, 0) is 26.8 Å². The highest BCUT2D eigenvalue weighted by Gasteiger charge is 2.23. The molecule has 146 valence electrons. The second kappa shape index (κ2) is 8.61. The van der Waals surface area contributed by atoms with Crippen molar-refractivity contribution in [2.45, 2.75) is 37.1 Å². The molecule has 0 saturated carbocycles. The summed E-state index contributed by atoms with van der Waals surface area (Å²) < 4.78 is 25.7. The maximum absolute atomic E-state index is 12.4. The number of aryl methyl sites for hydroxylation is 1. The molecule has 0 spiro atoms. The van der Waals surface area contributed by atoms with Crippen molar-refractivity contribution in [3.63, 3.8) is 0 Å². The van der Waals surface area contributed by atoms with E-state index in [0.29, 0.717) is 16.5 Å². The van der Waals surface area contributed by atoms with Crippen LogP contribution in [0.2, 0.25) is 10.0 Å². The third-order valence-corrected chi connectivity index (χ3v) is 6.41. The third-order valence-electron chi connectivity index (χ3n) is 4.24. The average Bonchev–Trinajstić information content (AvgIpc) is 2.62. The molecule has 0 bridgehead atoms. The summed E-state index contributed by atoms with van der Waals surface area (Å²) in [5, 5.41) is 3.89. The van der Waals surface area contributed by atoms with Gasteiger partial charge < -0.3 is 5.32 Å². The van der Waals surface area contributed by atoms with Gasteiger partial charge >= 0.3 is 0 Å². The summed E-state index contributed by atoms with van der Waals surface area (Å²) in [7, 11) is -2.09. The van der Waals surface area contributed by atoms with E-state index < -0.39 is 15.6 Å². The Morgan fingerprint density at radius 2 is 1.67 bits per heavy atom. The van der Waals surface area contributed by atoms with E-state index in [4.69, 9.17) is 23.2 Å². The van der Waals surface area contributed by atoms with Crippen LogP contribution in [0.25, 0.3) is 0 Å². The fourth-order valence-electron chi connectivity index (χ4n) is 2.58. The van der Waals surface area contributed by atoms with E-state index in [1.54, 1.807) is 24.3 Å². The number of amides is 1. The first-order valence-corrected chi connectivity index (χ1v) is 10.6. The monoisotopic (exact) mass is 428 g/mol. The Balaban J connectivity index is 1.98. The zero-order valence-electron chi connectivity index (χ0n) is 15.3. The first-order valence-electron chi connectivity index (χ1n) is 8.34. The van der Waals surface area contributed by atoms with E-state index in [1.807, 2.05) is 19.9 Å². The van der Waals surface area contributed by atoms with Crippen LogP contribution >= 0.6 is 23.2 Å². The fourth-order valence-corrected chi connectivity index (χ4v) is 3.61. The van der Waals surface area contributed by atoms with Crippen LogP contribution in [-0.4, -0.2) is 21.4 Å². The smallest absolute Gasteiger partial charge is 0.240 e. The lowest BCUT2D eigenvalue weighted by Crippen LogP contribution is -2.41. The number of nitrogens with one attached hydrogen (secondary N) is 2. The van der Waals surface area contributed by atoms with E-state index in [0.717, 1.165) is 11.1 Å². The largest absolute Gasteiger partial charge is 0.347 e. The SMILES string of the molecule is CNS(=O)(=O)c1ccc(CCC(=O)NC(C)(C)c2ccc(Cl)c(Cl)c2)cc1. The Morgan fingerprint density at radius 1 is 1.04 bits per heavy atom. The van der Waals surface area contributed by atoms with Gasteiger partial charge in [0.15, 0.2) is 0 Å². The van der Waals surface area contributed by atoms with Gasteiger partial charge in [-0.1, -0.05) is 41.4 Å². The molecule has 0 fully saturated rings. The molecule has 2 aromatic rings. The summed E-state index contributed by atoms with van der Waals surface area (Å²) in [5.41, 5.74) is 1.13. The standard InChI is InChI=1S/C19H22Cl2N2O3S/c1-19(2,14-7-10-16(20)17(21)12-14)23-18(24)11-6-13-4-8-15(9-5-13)27(25,26)22-3/h4-5,7-10,12,22H,6,11H2,1-3H3,(H,23,24). The molecule has 0 atom stereocenters. The number of hydrogen-bond acceptors (Lipinski definition) is 3. The van der Waals surface area contributed by atoms with Crippen LogP contribution in [0, 0.1) is 0 Å². The number of benzene rings is 2. The summed E-state index contributed by atoms with van der Waals surface area (Å²) in [6, 6.07) is 11.7. The number of sulfonamides is 1. The van der Waals surface area contributed by atoms with E-state index >= 15 is 0 Å². The van der Waals surface area contributed by atoms with Crippen LogP contribution < -0.4 is 10.0 Å². The number of hydrogen-bond donors (Lipinski definition) is 2. The van der Waals surface area contributed by atoms with Crippen molar-refractivity contribution >= 4 is 39.1 Å². The highest BCUT2D eigenvalue weighted by atomic mass is 35.5. The van der Waals surface area contributed by atoms with Gasteiger partial charge in [0.05, 0.1) is 20.5 Å². The second-order valence-electron chi connectivity index (χ2n) is 6.65. The third kappa shape index (κ3) is 5.69. The Bertz CT molecular complexity index is 926. The molecule has 0 heterocycles. The summed E-state index contributed by atoms with van der Waals surface area (Å²) in [4.78, 5) is 12.5. The molecule has 2 aromatic carbocycles. The second-order valence-corrected chi connectivity index (χ2v) is 9.35. The van der Waals surface area contributed by atoms with E-state index in [1.165, 1.54) is 19.2 Å². The minimum absolute atomic E-state index is 0.113. The van der Waals surface area contributed by atoms with E-state index in [2.05, 4.69) is 10.0 Å².